The lowest BCUT2D eigenvalue weighted by Crippen LogP contribution is -2.21. The van der Waals surface area contributed by atoms with Crippen molar-refractivity contribution >= 4 is 5.57 Å². The maximum Gasteiger partial charge on any atom is 0.0846 e. The van der Waals surface area contributed by atoms with Gasteiger partial charge in [-0.05, 0) is 29.7 Å². The molecule has 0 amide bonds. The normalized spacial score (nSPS) is 24.8. The zero-order valence-corrected chi connectivity index (χ0v) is 9.41. The smallest absolute Gasteiger partial charge is 0.0846 e. The maximum atomic E-state index is 5.48. The van der Waals surface area contributed by atoms with Crippen molar-refractivity contribution in [1.29, 1.82) is 0 Å². The molecule has 2 aliphatic rings. The molecule has 84 valence electrons. The highest BCUT2D eigenvalue weighted by molar-refractivity contribution is 5.67. The molecule has 0 radical (unpaired) electrons. The largest absolute Gasteiger partial charge is 0.373 e. The molecule has 1 atom stereocenters. The molecule has 0 spiro atoms. The third-order valence-corrected chi connectivity index (χ3v) is 3.38. The lowest BCUT2D eigenvalue weighted by molar-refractivity contribution is -0.0527. The van der Waals surface area contributed by atoms with E-state index in [9.17, 15) is 0 Å². The van der Waals surface area contributed by atoms with E-state index >= 15 is 0 Å². The van der Waals surface area contributed by atoms with Crippen molar-refractivity contribution in [3.05, 3.63) is 41.5 Å². The Bertz CT molecular complexity index is 390. The fourth-order valence-corrected chi connectivity index (χ4v) is 2.27. The van der Waals surface area contributed by atoms with E-state index in [1.54, 1.807) is 0 Å². The molecule has 1 aromatic carbocycles. The Kier molecular flexibility index (Phi) is 2.77. The van der Waals surface area contributed by atoms with E-state index in [0.29, 0.717) is 6.10 Å². The Hall–Kier alpha value is -1.12. The van der Waals surface area contributed by atoms with Crippen molar-refractivity contribution in [2.24, 2.45) is 0 Å². The second kappa shape index (κ2) is 4.40. The van der Waals surface area contributed by atoms with Gasteiger partial charge in [0.15, 0.2) is 0 Å². The summed E-state index contributed by atoms with van der Waals surface area (Å²) in [4.78, 5) is 0. The Morgan fingerprint density at radius 1 is 1.19 bits per heavy atom. The Labute approximate surface area is 96.3 Å². The molecule has 1 saturated heterocycles. The van der Waals surface area contributed by atoms with E-state index in [-0.39, 0.29) is 0 Å². The van der Waals surface area contributed by atoms with Crippen molar-refractivity contribution in [2.45, 2.75) is 18.9 Å². The lowest BCUT2D eigenvalue weighted by Gasteiger charge is -2.27. The van der Waals surface area contributed by atoms with Gasteiger partial charge in [-0.25, -0.2) is 0 Å². The molecule has 0 aromatic heterocycles. The molecule has 0 saturated carbocycles. The number of nitrogens with one attached hydrogen (secondary N) is 1. The van der Waals surface area contributed by atoms with E-state index in [1.165, 1.54) is 23.1 Å². The van der Waals surface area contributed by atoms with Crippen LogP contribution < -0.4 is 5.32 Å². The molecule has 1 unspecified atom stereocenters. The van der Waals surface area contributed by atoms with Crippen molar-refractivity contribution in [3.63, 3.8) is 0 Å². The van der Waals surface area contributed by atoms with Crippen LogP contribution in [0.2, 0.25) is 0 Å². The van der Waals surface area contributed by atoms with Crippen LogP contribution in [-0.4, -0.2) is 19.7 Å². The molecule has 1 fully saturated rings. The summed E-state index contributed by atoms with van der Waals surface area (Å²) in [5.41, 5.74) is 4.09. The Morgan fingerprint density at radius 2 is 2.00 bits per heavy atom. The summed E-state index contributed by atoms with van der Waals surface area (Å²) in [6.45, 7) is 3.03. The van der Waals surface area contributed by atoms with Crippen LogP contribution in [0.1, 0.15) is 30.1 Å². The van der Waals surface area contributed by atoms with Crippen LogP contribution in [0.5, 0.6) is 0 Å². The zero-order chi connectivity index (χ0) is 10.8. The average Bonchev–Trinajstić information content (AvgIpc) is 2.29. The zero-order valence-electron chi connectivity index (χ0n) is 9.41. The third-order valence-electron chi connectivity index (χ3n) is 3.38. The quantitative estimate of drug-likeness (QED) is 0.818. The minimum atomic E-state index is 0.354. The molecule has 1 N–H and O–H groups in total. The van der Waals surface area contributed by atoms with Gasteiger partial charge in [-0.15, -0.1) is 0 Å². The summed E-state index contributed by atoms with van der Waals surface area (Å²) in [5.74, 6) is 0. The fraction of sp³-hybridized carbons (Fsp3) is 0.429. The first kappa shape index (κ1) is 10.1. The third kappa shape index (κ3) is 1.91. The average molecular weight is 215 g/mol. The van der Waals surface area contributed by atoms with E-state index < -0.39 is 0 Å². The molecule has 16 heavy (non-hydrogen) atoms. The summed E-state index contributed by atoms with van der Waals surface area (Å²) in [6.07, 6.45) is 5.00. The standard InChI is InChI=1S/C14H17NO/c1-2-13(10-15-8-1)11-3-5-12(6-4-11)14-7-9-16-14/h2-6,14-15H,1,7-10H2. The highest BCUT2D eigenvalue weighted by atomic mass is 16.5. The Morgan fingerprint density at radius 3 is 2.56 bits per heavy atom. The van der Waals surface area contributed by atoms with Gasteiger partial charge in [0.2, 0.25) is 0 Å². The summed E-state index contributed by atoms with van der Waals surface area (Å²) >= 11 is 0. The molecule has 0 aliphatic carbocycles. The number of hydrogen-bond acceptors (Lipinski definition) is 2. The van der Waals surface area contributed by atoms with Gasteiger partial charge in [-0.1, -0.05) is 30.3 Å². The van der Waals surface area contributed by atoms with Gasteiger partial charge in [-0.3, -0.25) is 0 Å². The van der Waals surface area contributed by atoms with Gasteiger partial charge < -0.3 is 10.1 Å². The van der Waals surface area contributed by atoms with Crippen LogP contribution in [0.25, 0.3) is 5.57 Å². The summed E-state index contributed by atoms with van der Waals surface area (Å²) in [6, 6.07) is 8.84. The highest BCUT2D eigenvalue weighted by Gasteiger charge is 2.19. The molecule has 3 rings (SSSR count). The summed E-state index contributed by atoms with van der Waals surface area (Å²) < 4.78 is 5.48. The maximum absolute atomic E-state index is 5.48. The van der Waals surface area contributed by atoms with E-state index in [1.807, 2.05) is 0 Å². The van der Waals surface area contributed by atoms with E-state index in [2.05, 4.69) is 35.7 Å². The van der Waals surface area contributed by atoms with Gasteiger partial charge in [0, 0.05) is 13.0 Å². The highest BCUT2D eigenvalue weighted by Crippen LogP contribution is 2.30. The first-order valence-electron chi connectivity index (χ1n) is 6.05. The predicted molar refractivity (Wildman–Crippen MR) is 65.2 cm³/mol. The number of hydrogen-bond donors (Lipinski definition) is 1. The van der Waals surface area contributed by atoms with Gasteiger partial charge >= 0.3 is 0 Å². The lowest BCUT2D eigenvalue weighted by atomic mass is 9.97. The monoisotopic (exact) mass is 215 g/mol. The molecular weight excluding hydrogens is 198 g/mol. The molecule has 2 heteroatoms. The first-order valence-corrected chi connectivity index (χ1v) is 6.05. The second-order valence-corrected chi connectivity index (χ2v) is 4.46. The van der Waals surface area contributed by atoms with Crippen LogP contribution in [0.15, 0.2) is 30.3 Å². The predicted octanol–water partition coefficient (Wildman–Crippen LogP) is 2.52. The number of ether oxygens (including phenoxy) is 1. The van der Waals surface area contributed by atoms with Gasteiger partial charge in [0.1, 0.15) is 0 Å². The minimum absolute atomic E-state index is 0.354. The molecule has 1 aromatic rings. The van der Waals surface area contributed by atoms with Gasteiger partial charge in [0.25, 0.3) is 0 Å². The summed E-state index contributed by atoms with van der Waals surface area (Å²) in [5, 5.41) is 3.40. The van der Waals surface area contributed by atoms with Crippen molar-refractivity contribution in [3.8, 4) is 0 Å². The number of rotatable bonds is 2. The SMILES string of the molecule is C1=C(c2ccc(C3CCO3)cc2)CNCC1. The molecule has 2 heterocycles. The van der Waals surface area contributed by atoms with Crippen molar-refractivity contribution < 1.29 is 4.74 Å². The van der Waals surface area contributed by atoms with Gasteiger partial charge in [0.05, 0.1) is 12.7 Å². The van der Waals surface area contributed by atoms with E-state index in [0.717, 1.165) is 26.1 Å². The van der Waals surface area contributed by atoms with Crippen LogP contribution in [-0.2, 0) is 4.74 Å². The molecule has 2 aliphatic heterocycles. The second-order valence-electron chi connectivity index (χ2n) is 4.46. The van der Waals surface area contributed by atoms with E-state index in [4.69, 9.17) is 4.74 Å². The Balaban J connectivity index is 1.78. The number of benzene rings is 1. The van der Waals surface area contributed by atoms with Crippen LogP contribution >= 0.6 is 0 Å². The molecular formula is C14H17NO. The first-order chi connectivity index (χ1) is 7.93. The van der Waals surface area contributed by atoms with Crippen LogP contribution in [0.4, 0.5) is 0 Å². The topological polar surface area (TPSA) is 21.3 Å². The van der Waals surface area contributed by atoms with Crippen LogP contribution in [0, 0.1) is 0 Å². The van der Waals surface area contributed by atoms with Gasteiger partial charge in [-0.2, -0.15) is 0 Å². The molecule has 2 nitrogen and oxygen atoms in total. The van der Waals surface area contributed by atoms with Crippen molar-refractivity contribution in [2.75, 3.05) is 19.7 Å². The minimum Gasteiger partial charge on any atom is -0.373 e. The van der Waals surface area contributed by atoms with Crippen LogP contribution in [0.3, 0.4) is 0 Å². The summed E-state index contributed by atoms with van der Waals surface area (Å²) in [7, 11) is 0. The molecule has 0 bridgehead atoms. The fourth-order valence-electron chi connectivity index (χ4n) is 2.27. The van der Waals surface area contributed by atoms with Crippen molar-refractivity contribution in [1.82, 2.24) is 5.32 Å².